The molecule has 3 aromatic rings. The maximum atomic E-state index is 2.87. The molecule has 2 unspecified atom stereocenters. The van der Waals surface area contributed by atoms with E-state index in [2.05, 4.69) is 80.0 Å². The van der Waals surface area contributed by atoms with Gasteiger partial charge in [-0.15, -0.1) is 18.5 Å². The highest BCUT2D eigenvalue weighted by Crippen LogP contribution is 2.30. The Hall–Kier alpha value is -1.22. The van der Waals surface area contributed by atoms with Gasteiger partial charge in [0.05, 0.1) is 0 Å². The highest BCUT2D eigenvalue weighted by atomic mass is 31.0. The molecule has 0 saturated heterocycles. The fraction of sp³-hybridized carbons (Fsp3) is 0.0588. The summed E-state index contributed by atoms with van der Waals surface area (Å²) in [5, 5.41) is 5.10. The number of benzene rings is 3. The van der Waals surface area contributed by atoms with Gasteiger partial charge in [-0.05, 0) is 45.0 Å². The minimum Gasteiger partial charge on any atom is -0.105 e. The second kappa shape index (κ2) is 5.04. The van der Waals surface area contributed by atoms with Gasteiger partial charge in [0.25, 0.3) is 0 Å². The minimum atomic E-state index is 1.25. The Balaban J connectivity index is 2.46. The van der Waals surface area contributed by atoms with Crippen LogP contribution in [0.3, 0.4) is 0 Å². The topological polar surface area (TPSA) is 0 Å². The van der Waals surface area contributed by atoms with Crippen LogP contribution in [0.5, 0.6) is 0 Å². The predicted molar refractivity (Wildman–Crippen MR) is 92.8 cm³/mol. The fourth-order valence-corrected chi connectivity index (χ4v) is 3.48. The average molecular weight is 282 g/mol. The van der Waals surface area contributed by atoms with E-state index in [1.165, 1.54) is 38.1 Å². The second-order valence-electron chi connectivity index (χ2n) is 4.79. The van der Waals surface area contributed by atoms with E-state index >= 15 is 0 Å². The number of hydrogen-bond acceptors (Lipinski definition) is 0. The summed E-state index contributed by atoms with van der Waals surface area (Å²) in [6.45, 7) is 2.18. The molecule has 0 N–H and O–H groups in total. The third kappa shape index (κ3) is 2.20. The molecule has 0 aliphatic carbocycles. The van der Waals surface area contributed by atoms with Crippen molar-refractivity contribution < 1.29 is 0 Å². The maximum Gasteiger partial charge on any atom is -0.00248 e. The summed E-state index contributed by atoms with van der Waals surface area (Å²) in [6.07, 6.45) is 0. The first-order valence-electron chi connectivity index (χ1n) is 6.31. The lowest BCUT2D eigenvalue weighted by molar-refractivity contribution is 1.49. The van der Waals surface area contributed by atoms with Gasteiger partial charge in [0.2, 0.25) is 0 Å². The third-order valence-electron chi connectivity index (χ3n) is 3.52. The van der Waals surface area contributed by atoms with E-state index in [0.29, 0.717) is 0 Å². The minimum absolute atomic E-state index is 1.25. The van der Waals surface area contributed by atoms with Crippen molar-refractivity contribution in [2.24, 2.45) is 0 Å². The zero-order valence-electron chi connectivity index (χ0n) is 10.9. The van der Waals surface area contributed by atoms with Gasteiger partial charge in [0, 0.05) is 0 Å². The van der Waals surface area contributed by atoms with Gasteiger partial charge in [-0.1, -0.05) is 54.6 Å². The third-order valence-corrected chi connectivity index (χ3v) is 4.48. The summed E-state index contributed by atoms with van der Waals surface area (Å²) >= 11 is 0. The number of fused-ring (bicyclic) bond motifs is 1. The molecule has 3 rings (SSSR count). The SMILES string of the molecule is Cc1cccc(P)c1-c1c(P)ccc2ccccc12. The molecule has 0 aliphatic heterocycles. The van der Waals surface area contributed by atoms with Gasteiger partial charge < -0.3 is 0 Å². The summed E-state index contributed by atoms with van der Waals surface area (Å²) in [4.78, 5) is 0. The van der Waals surface area contributed by atoms with Gasteiger partial charge in [0.1, 0.15) is 0 Å². The summed E-state index contributed by atoms with van der Waals surface area (Å²) in [6, 6.07) is 19.4. The molecule has 0 bridgehead atoms. The van der Waals surface area contributed by atoms with E-state index < -0.39 is 0 Å². The Bertz CT molecular complexity index is 740. The Morgan fingerprint density at radius 1 is 0.684 bits per heavy atom. The largest absolute Gasteiger partial charge is 0.105 e. The van der Waals surface area contributed by atoms with E-state index in [4.69, 9.17) is 0 Å². The Labute approximate surface area is 118 Å². The highest BCUT2D eigenvalue weighted by molar-refractivity contribution is 7.29. The summed E-state index contributed by atoms with van der Waals surface area (Å²) in [5.74, 6) is 0. The zero-order valence-corrected chi connectivity index (χ0v) is 13.2. The van der Waals surface area contributed by atoms with Gasteiger partial charge in [-0.3, -0.25) is 0 Å². The van der Waals surface area contributed by atoms with Crippen molar-refractivity contribution in [2.75, 3.05) is 0 Å². The van der Waals surface area contributed by atoms with Crippen LogP contribution in [0.25, 0.3) is 21.9 Å². The molecule has 0 heterocycles. The van der Waals surface area contributed by atoms with Crippen LogP contribution >= 0.6 is 18.5 Å². The molecule has 94 valence electrons. The van der Waals surface area contributed by atoms with E-state index in [1.807, 2.05) is 0 Å². The molecule has 3 aromatic carbocycles. The van der Waals surface area contributed by atoms with Gasteiger partial charge in [0.15, 0.2) is 0 Å². The molecule has 0 aromatic heterocycles. The van der Waals surface area contributed by atoms with E-state index in [0.717, 1.165) is 0 Å². The summed E-state index contributed by atoms with van der Waals surface area (Å²) in [5.41, 5.74) is 3.97. The number of aryl methyl sites for hydroxylation is 1. The van der Waals surface area contributed by atoms with E-state index in [-0.39, 0.29) is 0 Å². The van der Waals surface area contributed by atoms with Crippen LogP contribution < -0.4 is 10.6 Å². The summed E-state index contributed by atoms with van der Waals surface area (Å²) < 4.78 is 0. The van der Waals surface area contributed by atoms with Crippen LogP contribution in [0, 0.1) is 6.92 Å². The van der Waals surface area contributed by atoms with Crippen molar-refractivity contribution in [1.82, 2.24) is 0 Å². The van der Waals surface area contributed by atoms with Crippen LogP contribution in [0.15, 0.2) is 54.6 Å². The molecule has 0 fully saturated rings. The van der Waals surface area contributed by atoms with Gasteiger partial charge >= 0.3 is 0 Å². The van der Waals surface area contributed by atoms with E-state index in [1.54, 1.807) is 0 Å². The standard InChI is InChI=1S/C17H16P2/c1-11-5-4-8-14(18)16(11)17-13-7-3-2-6-12(13)9-10-15(17)19/h2-10H,18-19H2,1H3. The van der Waals surface area contributed by atoms with Gasteiger partial charge in [-0.2, -0.15) is 0 Å². The Morgan fingerprint density at radius 2 is 1.42 bits per heavy atom. The lowest BCUT2D eigenvalue weighted by atomic mass is 9.95. The van der Waals surface area contributed by atoms with Crippen molar-refractivity contribution in [3.63, 3.8) is 0 Å². The normalized spacial score (nSPS) is 10.9. The lowest BCUT2D eigenvalue weighted by Crippen LogP contribution is -2.06. The monoisotopic (exact) mass is 282 g/mol. The second-order valence-corrected chi connectivity index (χ2v) is 6.03. The summed E-state index contributed by atoms with van der Waals surface area (Å²) in [7, 11) is 5.73. The van der Waals surface area contributed by atoms with Crippen LogP contribution in [0.4, 0.5) is 0 Å². The van der Waals surface area contributed by atoms with Crippen molar-refractivity contribution in [3.05, 3.63) is 60.2 Å². The molecular formula is C17H16P2. The van der Waals surface area contributed by atoms with Crippen LogP contribution in [-0.4, -0.2) is 0 Å². The van der Waals surface area contributed by atoms with Crippen molar-refractivity contribution in [3.8, 4) is 11.1 Å². The molecule has 0 nitrogen and oxygen atoms in total. The van der Waals surface area contributed by atoms with Crippen molar-refractivity contribution in [1.29, 1.82) is 0 Å². The first-order valence-corrected chi connectivity index (χ1v) is 7.46. The molecule has 0 radical (unpaired) electrons. The first kappa shape index (κ1) is 12.8. The molecule has 0 saturated carbocycles. The Kier molecular flexibility index (Phi) is 3.40. The molecule has 2 heteroatoms. The van der Waals surface area contributed by atoms with Crippen LogP contribution in [-0.2, 0) is 0 Å². The smallest absolute Gasteiger partial charge is 0.00248 e. The van der Waals surface area contributed by atoms with Crippen LogP contribution in [0.2, 0.25) is 0 Å². The maximum absolute atomic E-state index is 2.87. The lowest BCUT2D eigenvalue weighted by Gasteiger charge is -2.15. The molecule has 0 aliphatic rings. The van der Waals surface area contributed by atoms with Crippen molar-refractivity contribution in [2.45, 2.75) is 6.92 Å². The van der Waals surface area contributed by atoms with Crippen LogP contribution in [0.1, 0.15) is 5.56 Å². The van der Waals surface area contributed by atoms with E-state index in [9.17, 15) is 0 Å². The van der Waals surface area contributed by atoms with Gasteiger partial charge in [-0.25, -0.2) is 0 Å². The molecule has 0 amide bonds. The first-order chi connectivity index (χ1) is 9.18. The molecule has 19 heavy (non-hydrogen) atoms. The quantitative estimate of drug-likeness (QED) is 0.595. The zero-order chi connectivity index (χ0) is 13.4. The average Bonchev–Trinajstić information content (AvgIpc) is 2.41. The predicted octanol–water partition coefficient (Wildman–Crippen LogP) is 3.82. The molecular weight excluding hydrogens is 266 g/mol. The molecule has 0 spiro atoms. The highest BCUT2D eigenvalue weighted by Gasteiger charge is 2.11. The number of hydrogen-bond donors (Lipinski definition) is 0. The Morgan fingerprint density at radius 3 is 2.21 bits per heavy atom. The van der Waals surface area contributed by atoms with Crippen molar-refractivity contribution >= 4 is 39.9 Å². The number of rotatable bonds is 1. The molecule has 2 atom stereocenters. The fourth-order valence-electron chi connectivity index (χ4n) is 2.60.